The fourth-order valence-corrected chi connectivity index (χ4v) is 2.91. The Hall–Kier alpha value is -3.33. The van der Waals surface area contributed by atoms with E-state index in [0.29, 0.717) is 12.3 Å². The van der Waals surface area contributed by atoms with Crippen molar-refractivity contribution in [1.82, 2.24) is 10.3 Å². The summed E-state index contributed by atoms with van der Waals surface area (Å²) >= 11 is 0. The van der Waals surface area contributed by atoms with E-state index >= 15 is 0 Å². The van der Waals surface area contributed by atoms with Gasteiger partial charge in [-0.05, 0) is 38.1 Å². The van der Waals surface area contributed by atoms with Crippen molar-refractivity contribution in [1.29, 1.82) is 0 Å². The molecule has 1 aliphatic rings. The van der Waals surface area contributed by atoms with Crippen molar-refractivity contribution in [2.24, 2.45) is 5.92 Å². The standard InChI is InChI=1S/C22H23N3O3/c1-16-5-8-19(9-6-16)25-15-18(13-21(25)26)22(27)23-11-3-4-12-28-20-10-7-17(2)24-14-20/h5-10,14,18H,11-13,15H2,1-2H3,(H,23,27). The zero-order chi connectivity index (χ0) is 19.9. The van der Waals surface area contributed by atoms with Gasteiger partial charge in [-0.3, -0.25) is 14.6 Å². The molecule has 1 unspecified atom stereocenters. The lowest BCUT2D eigenvalue weighted by molar-refractivity contribution is -0.126. The van der Waals surface area contributed by atoms with Gasteiger partial charge in [-0.25, -0.2) is 0 Å². The summed E-state index contributed by atoms with van der Waals surface area (Å²) in [5.41, 5.74) is 2.88. The number of anilines is 1. The number of nitrogens with one attached hydrogen (secondary N) is 1. The van der Waals surface area contributed by atoms with E-state index < -0.39 is 0 Å². The van der Waals surface area contributed by atoms with E-state index in [4.69, 9.17) is 4.74 Å². The summed E-state index contributed by atoms with van der Waals surface area (Å²) in [4.78, 5) is 30.4. The number of carbonyl (C=O) groups excluding carboxylic acids is 2. The van der Waals surface area contributed by atoms with Crippen LogP contribution in [0.15, 0.2) is 42.6 Å². The largest absolute Gasteiger partial charge is 0.479 e. The quantitative estimate of drug-likeness (QED) is 0.812. The smallest absolute Gasteiger partial charge is 0.227 e. The number of hydrogen-bond acceptors (Lipinski definition) is 4. The summed E-state index contributed by atoms with van der Waals surface area (Å²) < 4.78 is 5.45. The fourth-order valence-electron chi connectivity index (χ4n) is 2.91. The van der Waals surface area contributed by atoms with Crippen LogP contribution >= 0.6 is 0 Å². The number of carbonyl (C=O) groups is 2. The molecule has 28 heavy (non-hydrogen) atoms. The summed E-state index contributed by atoms with van der Waals surface area (Å²) in [6.45, 7) is 4.75. The molecule has 0 bridgehead atoms. The minimum atomic E-state index is -0.356. The maximum Gasteiger partial charge on any atom is 0.227 e. The molecule has 0 radical (unpaired) electrons. The number of ether oxygens (including phenoxy) is 1. The molecule has 0 saturated carbocycles. The van der Waals surface area contributed by atoms with Gasteiger partial charge in [-0.15, -0.1) is 0 Å². The molecule has 1 aromatic heterocycles. The van der Waals surface area contributed by atoms with Crippen molar-refractivity contribution in [3.8, 4) is 17.6 Å². The average Bonchev–Trinajstić information content (AvgIpc) is 3.08. The van der Waals surface area contributed by atoms with Crippen LogP contribution in [0.1, 0.15) is 17.7 Å². The summed E-state index contributed by atoms with van der Waals surface area (Å²) in [7, 11) is 0. The third kappa shape index (κ3) is 5.10. The maximum absolute atomic E-state index is 12.3. The minimum Gasteiger partial charge on any atom is -0.479 e. The Bertz CT molecular complexity index is 895. The van der Waals surface area contributed by atoms with Crippen molar-refractivity contribution >= 4 is 17.5 Å². The highest BCUT2D eigenvalue weighted by atomic mass is 16.5. The Morgan fingerprint density at radius 3 is 2.71 bits per heavy atom. The van der Waals surface area contributed by atoms with Crippen LogP contribution in [-0.4, -0.2) is 36.5 Å². The Morgan fingerprint density at radius 1 is 1.21 bits per heavy atom. The van der Waals surface area contributed by atoms with E-state index in [9.17, 15) is 9.59 Å². The third-order valence-corrected chi connectivity index (χ3v) is 4.51. The first-order valence-electron chi connectivity index (χ1n) is 9.19. The van der Waals surface area contributed by atoms with Gasteiger partial charge in [-0.2, -0.15) is 0 Å². The molecule has 3 rings (SSSR count). The monoisotopic (exact) mass is 377 g/mol. The molecule has 2 amide bonds. The molecule has 1 fully saturated rings. The van der Waals surface area contributed by atoms with Crippen molar-refractivity contribution < 1.29 is 14.3 Å². The lowest BCUT2D eigenvalue weighted by atomic mass is 10.1. The van der Waals surface area contributed by atoms with Gasteiger partial charge in [-0.1, -0.05) is 29.5 Å². The number of amides is 2. The van der Waals surface area contributed by atoms with Gasteiger partial charge in [0.15, 0.2) is 0 Å². The van der Waals surface area contributed by atoms with Crippen LogP contribution in [-0.2, 0) is 9.59 Å². The van der Waals surface area contributed by atoms with Gasteiger partial charge in [0.25, 0.3) is 0 Å². The molecular formula is C22H23N3O3. The van der Waals surface area contributed by atoms with Crippen LogP contribution in [0.5, 0.6) is 5.75 Å². The lowest BCUT2D eigenvalue weighted by Gasteiger charge is -2.16. The molecule has 6 nitrogen and oxygen atoms in total. The first kappa shape index (κ1) is 19.4. The summed E-state index contributed by atoms with van der Waals surface area (Å²) in [6.07, 6.45) is 1.87. The van der Waals surface area contributed by atoms with Gasteiger partial charge in [0, 0.05) is 24.3 Å². The molecule has 0 aliphatic carbocycles. The maximum atomic E-state index is 12.3. The second-order valence-electron chi connectivity index (χ2n) is 6.74. The Labute approximate surface area is 164 Å². The van der Waals surface area contributed by atoms with Crippen molar-refractivity contribution in [2.75, 3.05) is 24.6 Å². The van der Waals surface area contributed by atoms with Crippen LogP contribution in [0.2, 0.25) is 0 Å². The number of nitrogens with zero attached hydrogens (tertiary/aromatic N) is 2. The zero-order valence-electron chi connectivity index (χ0n) is 16.1. The zero-order valence-corrected chi connectivity index (χ0v) is 16.1. The molecule has 1 atom stereocenters. The first-order chi connectivity index (χ1) is 13.5. The predicted molar refractivity (Wildman–Crippen MR) is 107 cm³/mol. The van der Waals surface area contributed by atoms with E-state index in [1.165, 1.54) is 0 Å². The van der Waals surface area contributed by atoms with E-state index in [0.717, 1.165) is 16.9 Å². The average molecular weight is 377 g/mol. The third-order valence-electron chi connectivity index (χ3n) is 4.51. The van der Waals surface area contributed by atoms with Gasteiger partial charge >= 0.3 is 0 Å². The van der Waals surface area contributed by atoms with Gasteiger partial charge < -0.3 is 15.0 Å². The molecule has 1 aromatic carbocycles. The van der Waals surface area contributed by atoms with E-state index in [2.05, 4.69) is 22.1 Å². The highest BCUT2D eigenvalue weighted by Crippen LogP contribution is 2.25. The van der Waals surface area contributed by atoms with Crippen LogP contribution in [0.3, 0.4) is 0 Å². The number of aryl methyl sites for hydroxylation is 2. The highest BCUT2D eigenvalue weighted by Gasteiger charge is 2.34. The number of benzene rings is 1. The van der Waals surface area contributed by atoms with E-state index in [-0.39, 0.29) is 37.3 Å². The molecule has 6 heteroatoms. The first-order valence-corrected chi connectivity index (χ1v) is 9.19. The minimum absolute atomic E-state index is 0.0322. The van der Waals surface area contributed by atoms with Gasteiger partial charge in [0.1, 0.15) is 12.4 Å². The Morgan fingerprint density at radius 2 is 2.00 bits per heavy atom. The van der Waals surface area contributed by atoms with Crippen LogP contribution in [0.4, 0.5) is 5.69 Å². The predicted octanol–water partition coefficient (Wildman–Crippen LogP) is 2.25. The topological polar surface area (TPSA) is 71.5 Å². The second-order valence-corrected chi connectivity index (χ2v) is 6.74. The van der Waals surface area contributed by atoms with Gasteiger partial charge in [0.05, 0.1) is 18.7 Å². The lowest BCUT2D eigenvalue weighted by Crippen LogP contribution is -2.33. The number of pyridine rings is 1. The van der Waals surface area contributed by atoms with Crippen LogP contribution < -0.4 is 15.0 Å². The number of hydrogen-bond donors (Lipinski definition) is 1. The SMILES string of the molecule is Cc1ccc(N2CC(C(=O)NCC#CCOc3ccc(C)nc3)CC2=O)cc1. The molecular weight excluding hydrogens is 354 g/mol. The highest BCUT2D eigenvalue weighted by molar-refractivity contribution is 6.00. The Kier molecular flexibility index (Phi) is 6.28. The number of rotatable bonds is 5. The molecule has 0 spiro atoms. The van der Waals surface area contributed by atoms with Crippen LogP contribution in [0, 0.1) is 31.6 Å². The molecule has 1 N–H and O–H groups in total. The van der Waals surface area contributed by atoms with Gasteiger partial charge in [0.2, 0.25) is 11.8 Å². The molecule has 2 aromatic rings. The fraction of sp³-hybridized carbons (Fsp3) is 0.318. The van der Waals surface area contributed by atoms with Crippen molar-refractivity contribution in [2.45, 2.75) is 20.3 Å². The van der Waals surface area contributed by atoms with Crippen molar-refractivity contribution in [3.63, 3.8) is 0 Å². The van der Waals surface area contributed by atoms with E-state index in [1.54, 1.807) is 11.1 Å². The molecule has 144 valence electrons. The second kappa shape index (κ2) is 9.05. The molecule has 1 saturated heterocycles. The number of aromatic nitrogens is 1. The summed E-state index contributed by atoms with van der Waals surface area (Å²) in [5, 5.41) is 2.77. The summed E-state index contributed by atoms with van der Waals surface area (Å²) in [6, 6.07) is 11.4. The van der Waals surface area contributed by atoms with Crippen LogP contribution in [0.25, 0.3) is 0 Å². The Balaban J connectivity index is 1.42. The summed E-state index contributed by atoms with van der Waals surface area (Å²) in [5.74, 6) is 5.82. The van der Waals surface area contributed by atoms with E-state index in [1.807, 2.05) is 50.2 Å². The normalized spacial score (nSPS) is 15.7. The molecule has 2 heterocycles. The van der Waals surface area contributed by atoms with Crippen molar-refractivity contribution in [3.05, 3.63) is 53.9 Å². The molecule has 1 aliphatic heterocycles.